The van der Waals surface area contributed by atoms with Crippen molar-refractivity contribution in [2.24, 2.45) is 5.41 Å². The average Bonchev–Trinajstić information content (AvgIpc) is 2.73. The molecule has 0 aromatic heterocycles. The van der Waals surface area contributed by atoms with Gasteiger partial charge in [0.05, 0.1) is 10.0 Å². The number of rotatable bonds is 6. The molecule has 1 heterocycles. The Morgan fingerprint density at radius 1 is 0.969 bits per heavy atom. The second-order valence-electron chi connectivity index (χ2n) is 9.35. The number of benzene rings is 2. The first-order valence-corrected chi connectivity index (χ1v) is 11.4. The van der Waals surface area contributed by atoms with E-state index >= 15 is 0 Å². The van der Waals surface area contributed by atoms with Crippen molar-refractivity contribution in [3.05, 3.63) is 69.2 Å². The molecular formula is C24H29Cl2F2N3O. The van der Waals surface area contributed by atoms with Crippen molar-refractivity contribution in [1.82, 2.24) is 15.1 Å². The molecule has 1 aliphatic heterocycles. The second-order valence-corrected chi connectivity index (χ2v) is 10.2. The SMILES string of the molecule is CC(C)(C)[C@H](CN1CCN(Cc2ccc(Cl)c(Cl)c2)CC1)NC(=O)c1ccc(F)c(F)c1. The van der Waals surface area contributed by atoms with Gasteiger partial charge in [0, 0.05) is 50.9 Å². The quantitative estimate of drug-likeness (QED) is 0.610. The topological polar surface area (TPSA) is 35.6 Å². The third-order valence-corrected chi connectivity index (χ3v) is 6.57. The number of nitrogens with zero attached hydrogens (tertiary/aromatic N) is 2. The van der Waals surface area contributed by atoms with Crippen LogP contribution in [0.4, 0.5) is 8.78 Å². The molecule has 2 aromatic carbocycles. The van der Waals surface area contributed by atoms with Gasteiger partial charge >= 0.3 is 0 Å². The average molecular weight is 484 g/mol. The molecule has 0 unspecified atom stereocenters. The largest absolute Gasteiger partial charge is 0.347 e. The highest BCUT2D eigenvalue weighted by atomic mass is 35.5. The van der Waals surface area contributed by atoms with E-state index < -0.39 is 17.5 Å². The van der Waals surface area contributed by atoms with Gasteiger partial charge in [-0.1, -0.05) is 50.0 Å². The lowest BCUT2D eigenvalue weighted by atomic mass is 9.86. The minimum absolute atomic E-state index is 0.115. The summed E-state index contributed by atoms with van der Waals surface area (Å²) in [7, 11) is 0. The Morgan fingerprint density at radius 2 is 1.62 bits per heavy atom. The number of piperazine rings is 1. The van der Waals surface area contributed by atoms with E-state index in [2.05, 4.69) is 35.9 Å². The Bertz CT molecular complexity index is 957. The fourth-order valence-electron chi connectivity index (χ4n) is 3.70. The molecule has 4 nitrogen and oxygen atoms in total. The zero-order chi connectivity index (χ0) is 23.5. The van der Waals surface area contributed by atoms with Gasteiger partial charge in [-0.2, -0.15) is 0 Å². The van der Waals surface area contributed by atoms with Crippen molar-refractivity contribution in [2.75, 3.05) is 32.7 Å². The maximum atomic E-state index is 13.5. The van der Waals surface area contributed by atoms with Crippen LogP contribution in [0.25, 0.3) is 0 Å². The standard InChI is InChI=1S/C24H29Cl2F2N3O/c1-24(2,3)22(29-23(32)17-5-7-20(27)21(28)13-17)15-31-10-8-30(9-11-31)14-16-4-6-18(25)19(26)12-16/h4-7,12-13,22H,8-11,14-15H2,1-3H3,(H,29,32)/t22-/m0/s1. The molecule has 0 saturated carbocycles. The van der Waals surface area contributed by atoms with Crippen molar-refractivity contribution in [3.8, 4) is 0 Å². The molecule has 0 spiro atoms. The summed E-state index contributed by atoms with van der Waals surface area (Å²) in [6.45, 7) is 11.2. The predicted octanol–water partition coefficient (Wildman–Crippen LogP) is 5.23. The number of amides is 1. The van der Waals surface area contributed by atoms with Gasteiger partial charge in [-0.05, 0) is 41.3 Å². The minimum atomic E-state index is -1.02. The minimum Gasteiger partial charge on any atom is -0.347 e. The Labute approximate surface area is 198 Å². The zero-order valence-electron chi connectivity index (χ0n) is 18.6. The molecule has 32 heavy (non-hydrogen) atoms. The monoisotopic (exact) mass is 483 g/mol. The Hall–Kier alpha value is -1.73. The van der Waals surface area contributed by atoms with Crippen LogP contribution in [0.1, 0.15) is 36.7 Å². The number of hydrogen-bond acceptors (Lipinski definition) is 3. The molecule has 0 radical (unpaired) electrons. The van der Waals surface area contributed by atoms with Crippen LogP contribution in [0.2, 0.25) is 10.0 Å². The summed E-state index contributed by atoms with van der Waals surface area (Å²) in [5, 5.41) is 4.14. The molecule has 0 aliphatic carbocycles. The van der Waals surface area contributed by atoms with Crippen LogP contribution >= 0.6 is 23.2 Å². The van der Waals surface area contributed by atoms with Crippen LogP contribution in [-0.2, 0) is 6.54 Å². The molecule has 0 bridgehead atoms. The van der Waals surface area contributed by atoms with E-state index in [9.17, 15) is 13.6 Å². The maximum Gasteiger partial charge on any atom is 0.251 e. The Morgan fingerprint density at radius 3 is 2.22 bits per heavy atom. The number of carbonyl (C=O) groups excluding carboxylic acids is 1. The normalized spacial score (nSPS) is 16.7. The highest BCUT2D eigenvalue weighted by Gasteiger charge is 2.30. The molecule has 1 amide bonds. The summed E-state index contributed by atoms with van der Waals surface area (Å²) < 4.78 is 26.7. The third-order valence-electron chi connectivity index (χ3n) is 5.83. The van der Waals surface area contributed by atoms with Crippen LogP contribution in [-0.4, -0.2) is 54.5 Å². The van der Waals surface area contributed by atoms with E-state index in [1.54, 1.807) is 0 Å². The van der Waals surface area contributed by atoms with Crippen LogP contribution in [0.5, 0.6) is 0 Å². The predicted molar refractivity (Wildman–Crippen MR) is 125 cm³/mol. The van der Waals surface area contributed by atoms with Crippen molar-refractivity contribution in [3.63, 3.8) is 0 Å². The lowest BCUT2D eigenvalue weighted by Crippen LogP contribution is -2.54. The highest BCUT2D eigenvalue weighted by Crippen LogP contribution is 2.24. The number of carbonyl (C=O) groups is 1. The first-order chi connectivity index (χ1) is 15.0. The van der Waals surface area contributed by atoms with Gasteiger partial charge in [0.15, 0.2) is 11.6 Å². The van der Waals surface area contributed by atoms with Crippen molar-refractivity contribution < 1.29 is 13.6 Å². The zero-order valence-corrected chi connectivity index (χ0v) is 20.1. The lowest BCUT2D eigenvalue weighted by Gasteiger charge is -2.40. The van der Waals surface area contributed by atoms with E-state index in [0.717, 1.165) is 50.4 Å². The molecular weight excluding hydrogens is 455 g/mol. The summed E-state index contributed by atoms with van der Waals surface area (Å²) in [5.74, 6) is -2.39. The summed E-state index contributed by atoms with van der Waals surface area (Å²) >= 11 is 12.1. The van der Waals surface area contributed by atoms with E-state index in [4.69, 9.17) is 23.2 Å². The molecule has 1 saturated heterocycles. The molecule has 1 N–H and O–H groups in total. The van der Waals surface area contributed by atoms with Gasteiger partial charge in [0.2, 0.25) is 0 Å². The lowest BCUT2D eigenvalue weighted by molar-refractivity contribution is 0.0790. The molecule has 3 rings (SSSR count). The maximum absolute atomic E-state index is 13.5. The van der Waals surface area contributed by atoms with E-state index in [-0.39, 0.29) is 17.0 Å². The fourth-order valence-corrected chi connectivity index (χ4v) is 4.02. The van der Waals surface area contributed by atoms with Crippen molar-refractivity contribution >= 4 is 29.1 Å². The van der Waals surface area contributed by atoms with Crippen molar-refractivity contribution in [2.45, 2.75) is 33.4 Å². The molecule has 8 heteroatoms. The smallest absolute Gasteiger partial charge is 0.251 e. The van der Waals surface area contributed by atoms with E-state index in [1.807, 2.05) is 18.2 Å². The van der Waals surface area contributed by atoms with Crippen molar-refractivity contribution in [1.29, 1.82) is 0 Å². The third kappa shape index (κ3) is 6.64. The summed E-state index contributed by atoms with van der Waals surface area (Å²) in [6, 6.07) is 8.78. The van der Waals surface area contributed by atoms with Crippen LogP contribution in [0.3, 0.4) is 0 Å². The molecule has 2 aromatic rings. The molecule has 174 valence electrons. The summed E-state index contributed by atoms with van der Waals surface area (Å²) in [5.41, 5.74) is 1.04. The summed E-state index contributed by atoms with van der Waals surface area (Å²) in [6.07, 6.45) is 0. The first kappa shape index (κ1) is 24.9. The first-order valence-electron chi connectivity index (χ1n) is 10.7. The molecule has 1 atom stereocenters. The molecule has 1 aliphatic rings. The number of hydrogen-bond donors (Lipinski definition) is 1. The number of halogens is 4. The Balaban J connectivity index is 1.56. The fraction of sp³-hybridized carbons (Fsp3) is 0.458. The van der Waals surface area contributed by atoms with Gasteiger partial charge in [0.1, 0.15) is 0 Å². The van der Waals surface area contributed by atoms with Crippen LogP contribution in [0, 0.1) is 17.0 Å². The van der Waals surface area contributed by atoms with Gasteiger partial charge in [-0.3, -0.25) is 14.6 Å². The van der Waals surface area contributed by atoms with Gasteiger partial charge < -0.3 is 5.32 Å². The second kappa shape index (κ2) is 10.5. The van der Waals surface area contributed by atoms with E-state index in [0.29, 0.717) is 16.6 Å². The van der Waals surface area contributed by atoms with Gasteiger partial charge in [-0.15, -0.1) is 0 Å². The van der Waals surface area contributed by atoms with E-state index in [1.165, 1.54) is 6.07 Å². The molecule has 1 fully saturated rings. The number of nitrogens with one attached hydrogen (secondary N) is 1. The van der Waals surface area contributed by atoms with Crippen LogP contribution < -0.4 is 5.32 Å². The van der Waals surface area contributed by atoms with Gasteiger partial charge in [-0.25, -0.2) is 8.78 Å². The Kier molecular flexibility index (Phi) is 8.15. The van der Waals surface area contributed by atoms with Crippen LogP contribution in [0.15, 0.2) is 36.4 Å². The van der Waals surface area contributed by atoms with Gasteiger partial charge in [0.25, 0.3) is 5.91 Å². The highest BCUT2D eigenvalue weighted by molar-refractivity contribution is 6.42. The summed E-state index contributed by atoms with van der Waals surface area (Å²) in [4.78, 5) is 17.4.